The molecule has 0 saturated heterocycles. The zero-order chi connectivity index (χ0) is 17.5. The molecule has 1 heterocycles. The molecule has 0 aliphatic rings. The summed E-state index contributed by atoms with van der Waals surface area (Å²) in [6.45, 7) is 0. The van der Waals surface area contributed by atoms with Gasteiger partial charge in [0.15, 0.2) is 0 Å². The quantitative estimate of drug-likeness (QED) is 0.659. The first-order valence-corrected chi connectivity index (χ1v) is 8.09. The third-order valence-corrected chi connectivity index (χ3v) is 3.79. The molecule has 0 atom stereocenters. The number of nitriles is 1. The minimum atomic E-state index is -0.0658. The molecule has 0 fully saturated rings. The zero-order valence-corrected chi connectivity index (χ0v) is 13.7. The second-order valence-corrected chi connectivity index (χ2v) is 5.70. The lowest BCUT2D eigenvalue weighted by molar-refractivity contribution is -0.118. The van der Waals surface area contributed by atoms with Crippen LogP contribution in [0.4, 0.5) is 0 Å². The van der Waals surface area contributed by atoms with Crippen molar-refractivity contribution in [2.75, 3.05) is 0 Å². The van der Waals surface area contributed by atoms with Gasteiger partial charge in [-0.1, -0.05) is 54.6 Å². The fourth-order valence-corrected chi connectivity index (χ4v) is 2.50. The summed E-state index contributed by atoms with van der Waals surface area (Å²) in [5.41, 5.74) is 3.38. The highest BCUT2D eigenvalue weighted by atomic mass is 16.4. The molecule has 2 aromatic carbocycles. The van der Waals surface area contributed by atoms with Crippen LogP contribution in [0.3, 0.4) is 0 Å². The molecule has 0 spiro atoms. The summed E-state index contributed by atoms with van der Waals surface area (Å²) in [4.78, 5) is 11.6. The van der Waals surface area contributed by atoms with Crippen molar-refractivity contribution in [3.63, 3.8) is 0 Å². The molecule has 0 unspecified atom stereocenters. The largest absolute Gasteiger partial charge is 0.424 e. The SMILES string of the molecule is N#CCCC(=O)Cc1nnc(Cc2ccc(-c3ccccc3)cc2)o1. The van der Waals surface area contributed by atoms with Crippen LogP contribution in [0.1, 0.15) is 30.2 Å². The molecular formula is C20H17N3O2. The topological polar surface area (TPSA) is 79.8 Å². The maximum absolute atomic E-state index is 11.6. The van der Waals surface area contributed by atoms with E-state index in [4.69, 9.17) is 9.68 Å². The number of Topliss-reactive ketones (excluding diaryl/α,β-unsaturated/α-hetero) is 1. The summed E-state index contributed by atoms with van der Waals surface area (Å²) in [7, 11) is 0. The number of aromatic nitrogens is 2. The molecule has 0 amide bonds. The number of nitrogens with zero attached hydrogens (tertiary/aromatic N) is 3. The summed E-state index contributed by atoms with van der Waals surface area (Å²) in [6, 6.07) is 20.3. The predicted molar refractivity (Wildman–Crippen MR) is 92.5 cm³/mol. The van der Waals surface area contributed by atoms with E-state index >= 15 is 0 Å². The molecule has 0 aliphatic heterocycles. The van der Waals surface area contributed by atoms with Crippen LogP contribution < -0.4 is 0 Å². The number of carbonyl (C=O) groups is 1. The van der Waals surface area contributed by atoms with Crippen LogP contribution >= 0.6 is 0 Å². The highest BCUT2D eigenvalue weighted by molar-refractivity contribution is 5.80. The van der Waals surface area contributed by atoms with Crippen LogP contribution in [0.5, 0.6) is 0 Å². The van der Waals surface area contributed by atoms with Gasteiger partial charge in [-0.25, -0.2) is 0 Å². The van der Waals surface area contributed by atoms with Crippen LogP contribution in [0, 0.1) is 11.3 Å². The number of rotatable bonds is 7. The van der Waals surface area contributed by atoms with Crippen LogP contribution in [0.15, 0.2) is 59.0 Å². The molecule has 5 heteroatoms. The summed E-state index contributed by atoms with van der Waals surface area (Å²) in [5, 5.41) is 16.4. The molecular weight excluding hydrogens is 314 g/mol. The van der Waals surface area contributed by atoms with E-state index in [0.717, 1.165) is 11.1 Å². The van der Waals surface area contributed by atoms with Crippen molar-refractivity contribution in [3.05, 3.63) is 71.9 Å². The Morgan fingerprint density at radius 1 is 0.960 bits per heavy atom. The molecule has 1 aromatic heterocycles. The van der Waals surface area contributed by atoms with Gasteiger partial charge in [0.05, 0.1) is 18.9 Å². The van der Waals surface area contributed by atoms with Crippen LogP contribution in [0.25, 0.3) is 11.1 Å². The Morgan fingerprint density at radius 2 is 1.64 bits per heavy atom. The van der Waals surface area contributed by atoms with Crippen molar-refractivity contribution in [2.45, 2.75) is 25.7 Å². The van der Waals surface area contributed by atoms with Gasteiger partial charge in [0.2, 0.25) is 11.8 Å². The fourth-order valence-electron chi connectivity index (χ4n) is 2.50. The Kier molecular flexibility index (Phi) is 5.32. The second-order valence-electron chi connectivity index (χ2n) is 5.70. The molecule has 0 N–H and O–H groups in total. The summed E-state index contributed by atoms with van der Waals surface area (Å²) in [5.74, 6) is 0.721. The van der Waals surface area contributed by atoms with Crippen molar-refractivity contribution in [1.29, 1.82) is 5.26 Å². The lowest BCUT2D eigenvalue weighted by Gasteiger charge is -2.03. The number of hydrogen-bond donors (Lipinski definition) is 0. The monoisotopic (exact) mass is 331 g/mol. The smallest absolute Gasteiger partial charge is 0.223 e. The average molecular weight is 331 g/mol. The van der Waals surface area contributed by atoms with E-state index in [1.165, 1.54) is 5.56 Å². The number of carbonyl (C=O) groups excluding carboxylic acids is 1. The van der Waals surface area contributed by atoms with E-state index < -0.39 is 0 Å². The van der Waals surface area contributed by atoms with Crippen molar-refractivity contribution in [2.24, 2.45) is 0 Å². The van der Waals surface area contributed by atoms with Crippen LogP contribution in [0.2, 0.25) is 0 Å². The van der Waals surface area contributed by atoms with Gasteiger partial charge in [-0.15, -0.1) is 10.2 Å². The molecule has 5 nitrogen and oxygen atoms in total. The number of hydrogen-bond acceptors (Lipinski definition) is 5. The second kappa shape index (κ2) is 8.02. The Bertz CT molecular complexity index is 877. The molecule has 0 bridgehead atoms. The lowest BCUT2D eigenvalue weighted by atomic mass is 10.0. The van der Waals surface area contributed by atoms with Crippen molar-refractivity contribution < 1.29 is 9.21 Å². The molecule has 124 valence electrons. The first-order valence-electron chi connectivity index (χ1n) is 8.09. The summed E-state index contributed by atoms with van der Waals surface area (Å²) >= 11 is 0. The summed E-state index contributed by atoms with van der Waals surface area (Å²) in [6.07, 6.45) is 1.04. The van der Waals surface area contributed by atoms with Gasteiger partial charge in [0, 0.05) is 12.8 Å². The minimum absolute atomic E-state index is 0.0658. The van der Waals surface area contributed by atoms with Gasteiger partial charge < -0.3 is 4.42 Å². The first kappa shape index (κ1) is 16.6. The lowest BCUT2D eigenvalue weighted by Crippen LogP contribution is -2.02. The zero-order valence-electron chi connectivity index (χ0n) is 13.7. The fraction of sp³-hybridized carbons (Fsp3) is 0.200. The van der Waals surface area contributed by atoms with Gasteiger partial charge in [-0.3, -0.25) is 4.79 Å². The Balaban J connectivity index is 1.61. The molecule has 3 rings (SSSR count). The normalized spacial score (nSPS) is 10.4. The van der Waals surface area contributed by atoms with Gasteiger partial charge in [0.1, 0.15) is 5.78 Å². The van der Waals surface area contributed by atoms with E-state index in [0.29, 0.717) is 18.2 Å². The number of benzene rings is 2. The maximum Gasteiger partial charge on any atom is 0.223 e. The standard InChI is InChI=1S/C20H17N3O2/c21-12-4-7-18(24)14-20-23-22-19(25-20)13-15-8-10-17(11-9-15)16-5-2-1-3-6-16/h1-3,5-6,8-11H,4,7,13-14H2. The molecule has 0 aliphatic carbocycles. The van der Waals surface area contributed by atoms with Crippen LogP contribution in [-0.4, -0.2) is 16.0 Å². The number of ketones is 1. The predicted octanol–water partition coefficient (Wildman–Crippen LogP) is 3.74. The van der Waals surface area contributed by atoms with Gasteiger partial charge in [-0.05, 0) is 16.7 Å². The molecule has 0 saturated carbocycles. The molecule has 0 radical (unpaired) electrons. The Hall–Kier alpha value is -3.26. The van der Waals surface area contributed by atoms with E-state index in [9.17, 15) is 4.79 Å². The Labute approximate surface area is 145 Å². The molecule has 25 heavy (non-hydrogen) atoms. The van der Waals surface area contributed by atoms with Crippen LogP contribution in [-0.2, 0) is 17.6 Å². The van der Waals surface area contributed by atoms with E-state index in [-0.39, 0.29) is 25.0 Å². The maximum atomic E-state index is 11.6. The minimum Gasteiger partial charge on any atom is -0.424 e. The Morgan fingerprint density at radius 3 is 2.36 bits per heavy atom. The van der Waals surface area contributed by atoms with Crippen molar-refractivity contribution in [3.8, 4) is 17.2 Å². The van der Waals surface area contributed by atoms with Crippen molar-refractivity contribution >= 4 is 5.78 Å². The van der Waals surface area contributed by atoms with Gasteiger partial charge in [0.25, 0.3) is 0 Å². The highest BCUT2D eigenvalue weighted by Gasteiger charge is 2.11. The van der Waals surface area contributed by atoms with E-state index in [2.05, 4.69) is 34.5 Å². The first-order chi connectivity index (χ1) is 12.2. The van der Waals surface area contributed by atoms with Gasteiger partial charge >= 0.3 is 0 Å². The third kappa shape index (κ3) is 4.61. The highest BCUT2D eigenvalue weighted by Crippen LogP contribution is 2.20. The average Bonchev–Trinajstić information content (AvgIpc) is 3.08. The molecule has 3 aromatic rings. The van der Waals surface area contributed by atoms with E-state index in [1.54, 1.807) is 0 Å². The third-order valence-electron chi connectivity index (χ3n) is 3.79. The van der Waals surface area contributed by atoms with E-state index in [1.807, 2.05) is 36.4 Å². The summed E-state index contributed by atoms with van der Waals surface area (Å²) < 4.78 is 5.53. The van der Waals surface area contributed by atoms with Gasteiger partial charge in [-0.2, -0.15) is 5.26 Å². The van der Waals surface area contributed by atoms with Crippen molar-refractivity contribution in [1.82, 2.24) is 10.2 Å².